The standard InChI is InChI=1S/C14H21N3O3/c1-10(2)17(8-13(15)18)9-14(19)16-11-5-4-6-12(7-11)20-3/h4-7,10H,8-9H2,1-3H3,(H2,15,18)(H,16,19). The molecule has 0 aliphatic carbocycles. The van der Waals surface area contributed by atoms with Crippen molar-refractivity contribution in [3.05, 3.63) is 24.3 Å². The number of nitrogens with two attached hydrogens (primary N) is 1. The van der Waals surface area contributed by atoms with Crippen molar-refractivity contribution in [2.24, 2.45) is 5.73 Å². The van der Waals surface area contributed by atoms with Crippen LogP contribution in [0.2, 0.25) is 0 Å². The summed E-state index contributed by atoms with van der Waals surface area (Å²) in [7, 11) is 1.56. The molecule has 0 saturated heterocycles. The van der Waals surface area contributed by atoms with E-state index in [1.165, 1.54) is 0 Å². The number of hydrogen-bond acceptors (Lipinski definition) is 4. The Morgan fingerprint density at radius 3 is 2.60 bits per heavy atom. The van der Waals surface area contributed by atoms with Crippen LogP contribution in [0.5, 0.6) is 5.75 Å². The highest BCUT2D eigenvalue weighted by atomic mass is 16.5. The van der Waals surface area contributed by atoms with Gasteiger partial charge in [0.25, 0.3) is 0 Å². The van der Waals surface area contributed by atoms with Gasteiger partial charge in [-0.05, 0) is 26.0 Å². The molecule has 0 saturated carbocycles. The fourth-order valence-electron chi connectivity index (χ4n) is 1.71. The van der Waals surface area contributed by atoms with Crippen LogP contribution in [-0.2, 0) is 9.59 Å². The third kappa shape index (κ3) is 5.27. The second-order valence-corrected chi connectivity index (χ2v) is 4.75. The highest BCUT2D eigenvalue weighted by molar-refractivity contribution is 5.92. The zero-order valence-corrected chi connectivity index (χ0v) is 12.1. The van der Waals surface area contributed by atoms with Gasteiger partial charge in [0.2, 0.25) is 11.8 Å². The number of methoxy groups -OCH3 is 1. The molecule has 110 valence electrons. The first-order chi connectivity index (χ1) is 9.42. The van der Waals surface area contributed by atoms with Gasteiger partial charge in [0.15, 0.2) is 0 Å². The number of anilines is 1. The molecule has 20 heavy (non-hydrogen) atoms. The lowest BCUT2D eigenvalue weighted by atomic mass is 10.2. The Labute approximate surface area is 118 Å². The number of benzene rings is 1. The first kappa shape index (κ1) is 16.0. The number of hydrogen-bond donors (Lipinski definition) is 2. The first-order valence-electron chi connectivity index (χ1n) is 6.38. The van der Waals surface area contributed by atoms with E-state index in [-0.39, 0.29) is 25.0 Å². The summed E-state index contributed by atoms with van der Waals surface area (Å²) in [5.41, 5.74) is 5.82. The van der Waals surface area contributed by atoms with Gasteiger partial charge in [0.1, 0.15) is 5.75 Å². The van der Waals surface area contributed by atoms with Crippen molar-refractivity contribution in [2.75, 3.05) is 25.5 Å². The molecule has 0 atom stereocenters. The van der Waals surface area contributed by atoms with E-state index in [0.717, 1.165) is 0 Å². The van der Waals surface area contributed by atoms with Crippen molar-refractivity contribution in [3.63, 3.8) is 0 Å². The van der Waals surface area contributed by atoms with Gasteiger partial charge in [0, 0.05) is 17.8 Å². The van der Waals surface area contributed by atoms with Crippen LogP contribution in [0.3, 0.4) is 0 Å². The van der Waals surface area contributed by atoms with E-state index in [1.54, 1.807) is 36.3 Å². The van der Waals surface area contributed by atoms with Crippen molar-refractivity contribution in [3.8, 4) is 5.75 Å². The maximum Gasteiger partial charge on any atom is 0.238 e. The number of ether oxygens (including phenoxy) is 1. The van der Waals surface area contributed by atoms with Gasteiger partial charge in [-0.15, -0.1) is 0 Å². The smallest absolute Gasteiger partial charge is 0.238 e. The summed E-state index contributed by atoms with van der Waals surface area (Å²) in [4.78, 5) is 24.6. The quantitative estimate of drug-likeness (QED) is 0.774. The second kappa shape index (κ2) is 7.49. The third-order valence-electron chi connectivity index (χ3n) is 2.79. The second-order valence-electron chi connectivity index (χ2n) is 4.75. The van der Waals surface area contributed by atoms with Gasteiger partial charge >= 0.3 is 0 Å². The van der Waals surface area contributed by atoms with Crippen LogP contribution in [0.4, 0.5) is 5.69 Å². The van der Waals surface area contributed by atoms with Crippen LogP contribution < -0.4 is 15.8 Å². The number of rotatable bonds is 7. The number of nitrogens with one attached hydrogen (secondary N) is 1. The summed E-state index contributed by atoms with van der Waals surface area (Å²) in [6, 6.07) is 7.14. The third-order valence-corrected chi connectivity index (χ3v) is 2.79. The predicted octanol–water partition coefficient (Wildman–Crippen LogP) is 0.829. The van der Waals surface area contributed by atoms with Gasteiger partial charge in [-0.2, -0.15) is 0 Å². The van der Waals surface area contributed by atoms with Gasteiger partial charge in [-0.25, -0.2) is 0 Å². The number of carbonyl (C=O) groups is 2. The molecule has 0 radical (unpaired) electrons. The number of primary amides is 1. The van der Waals surface area contributed by atoms with E-state index >= 15 is 0 Å². The summed E-state index contributed by atoms with van der Waals surface area (Å²) in [5, 5.41) is 2.76. The molecule has 1 rings (SSSR count). The zero-order chi connectivity index (χ0) is 15.1. The van der Waals surface area contributed by atoms with E-state index in [9.17, 15) is 9.59 Å². The molecule has 0 spiro atoms. The maximum absolute atomic E-state index is 12.0. The Hall–Kier alpha value is -2.08. The number of amides is 2. The lowest BCUT2D eigenvalue weighted by molar-refractivity contribution is -0.121. The summed E-state index contributed by atoms with van der Waals surface area (Å²) < 4.78 is 5.09. The van der Waals surface area contributed by atoms with Crippen LogP contribution in [0.1, 0.15) is 13.8 Å². The molecule has 0 heterocycles. The van der Waals surface area contributed by atoms with E-state index in [4.69, 9.17) is 10.5 Å². The fraction of sp³-hybridized carbons (Fsp3) is 0.429. The van der Waals surface area contributed by atoms with Gasteiger partial charge in [-0.3, -0.25) is 14.5 Å². The Balaban J connectivity index is 2.62. The van der Waals surface area contributed by atoms with E-state index in [2.05, 4.69) is 5.32 Å². The van der Waals surface area contributed by atoms with Gasteiger partial charge in [-0.1, -0.05) is 6.07 Å². The minimum Gasteiger partial charge on any atom is -0.497 e. The van der Waals surface area contributed by atoms with E-state index in [1.807, 2.05) is 13.8 Å². The molecular weight excluding hydrogens is 258 g/mol. The van der Waals surface area contributed by atoms with Crippen LogP contribution in [0, 0.1) is 0 Å². The zero-order valence-electron chi connectivity index (χ0n) is 12.1. The molecule has 6 heteroatoms. The van der Waals surface area contributed by atoms with Crippen molar-refractivity contribution >= 4 is 17.5 Å². The lowest BCUT2D eigenvalue weighted by Gasteiger charge is -2.24. The first-order valence-corrected chi connectivity index (χ1v) is 6.38. The maximum atomic E-state index is 12.0. The monoisotopic (exact) mass is 279 g/mol. The summed E-state index contributed by atoms with van der Waals surface area (Å²) >= 11 is 0. The molecule has 3 N–H and O–H groups in total. The highest BCUT2D eigenvalue weighted by Gasteiger charge is 2.16. The molecule has 0 unspecified atom stereocenters. The molecule has 6 nitrogen and oxygen atoms in total. The molecule has 0 aliphatic rings. The molecular formula is C14H21N3O3. The van der Waals surface area contributed by atoms with Crippen LogP contribution in [0.25, 0.3) is 0 Å². The van der Waals surface area contributed by atoms with Crippen LogP contribution in [0.15, 0.2) is 24.3 Å². The highest BCUT2D eigenvalue weighted by Crippen LogP contribution is 2.16. The summed E-state index contributed by atoms with van der Waals surface area (Å²) in [5.74, 6) is 0.0155. The van der Waals surface area contributed by atoms with Crippen LogP contribution >= 0.6 is 0 Å². The SMILES string of the molecule is COc1cccc(NC(=O)CN(CC(N)=O)C(C)C)c1. The fourth-order valence-corrected chi connectivity index (χ4v) is 1.71. The lowest BCUT2D eigenvalue weighted by Crippen LogP contribution is -2.43. The largest absolute Gasteiger partial charge is 0.497 e. The molecule has 1 aromatic rings. The Kier molecular flexibility index (Phi) is 5.99. The molecule has 0 bridgehead atoms. The number of carbonyl (C=O) groups excluding carboxylic acids is 2. The topological polar surface area (TPSA) is 84.7 Å². The van der Waals surface area contributed by atoms with Crippen molar-refractivity contribution in [2.45, 2.75) is 19.9 Å². The summed E-state index contributed by atoms with van der Waals surface area (Å²) in [6.07, 6.45) is 0. The van der Waals surface area contributed by atoms with Crippen molar-refractivity contribution in [1.29, 1.82) is 0 Å². The normalized spacial score (nSPS) is 10.7. The predicted molar refractivity (Wildman–Crippen MR) is 77.5 cm³/mol. The summed E-state index contributed by atoms with van der Waals surface area (Å²) in [6.45, 7) is 3.98. The van der Waals surface area contributed by atoms with Crippen molar-refractivity contribution in [1.82, 2.24) is 4.90 Å². The Morgan fingerprint density at radius 2 is 2.05 bits per heavy atom. The van der Waals surface area contributed by atoms with Crippen LogP contribution in [-0.4, -0.2) is 43.0 Å². The van der Waals surface area contributed by atoms with E-state index < -0.39 is 5.91 Å². The molecule has 0 aliphatic heterocycles. The van der Waals surface area contributed by atoms with Gasteiger partial charge < -0.3 is 15.8 Å². The molecule has 1 aromatic carbocycles. The minimum atomic E-state index is -0.451. The average molecular weight is 279 g/mol. The van der Waals surface area contributed by atoms with Crippen molar-refractivity contribution < 1.29 is 14.3 Å². The average Bonchev–Trinajstić information content (AvgIpc) is 2.37. The minimum absolute atomic E-state index is 0.0542. The van der Waals surface area contributed by atoms with Gasteiger partial charge in [0.05, 0.1) is 20.2 Å². The van der Waals surface area contributed by atoms with E-state index in [0.29, 0.717) is 11.4 Å². The number of nitrogens with zero attached hydrogens (tertiary/aromatic N) is 1. The molecule has 0 aromatic heterocycles. The Morgan fingerprint density at radius 1 is 1.35 bits per heavy atom. The molecule has 0 fully saturated rings. The Bertz CT molecular complexity index is 474. The molecule has 2 amide bonds.